The van der Waals surface area contributed by atoms with Crippen molar-refractivity contribution in [2.24, 2.45) is 0 Å². The predicted molar refractivity (Wildman–Crippen MR) is 88.1 cm³/mol. The van der Waals surface area contributed by atoms with Crippen LogP contribution >= 0.6 is 0 Å². The number of likely N-dealkylation sites (N-methyl/N-ethyl adjacent to an activating group) is 1. The Balaban J connectivity index is 1.62. The minimum atomic E-state index is -0.0763. The zero-order valence-corrected chi connectivity index (χ0v) is 12.9. The fraction of sp³-hybridized carbons (Fsp3) is 0.278. The van der Waals surface area contributed by atoms with E-state index in [2.05, 4.69) is 17.4 Å². The highest BCUT2D eigenvalue weighted by molar-refractivity contribution is 5.73. The first-order valence-corrected chi connectivity index (χ1v) is 7.46. The van der Waals surface area contributed by atoms with Gasteiger partial charge in [-0.2, -0.15) is 0 Å². The van der Waals surface area contributed by atoms with Gasteiger partial charge < -0.3 is 15.0 Å². The zero-order valence-electron chi connectivity index (χ0n) is 12.9. The van der Waals surface area contributed by atoms with Crippen LogP contribution in [-0.2, 0) is 6.42 Å². The third kappa shape index (κ3) is 5.48. The van der Waals surface area contributed by atoms with E-state index in [0.29, 0.717) is 19.7 Å². The van der Waals surface area contributed by atoms with Gasteiger partial charge in [-0.15, -0.1) is 0 Å². The van der Waals surface area contributed by atoms with Crippen LogP contribution in [0.4, 0.5) is 4.79 Å². The molecule has 116 valence electrons. The molecule has 0 spiro atoms. The number of para-hydroxylation sites is 1. The third-order valence-electron chi connectivity index (χ3n) is 3.32. The van der Waals surface area contributed by atoms with Crippen LogP contribution in [0.5, 0.6) is 5.75 Å². The smallest absolute Gasteiger partial charge is 0.317 e. The van der Waals surface area contributed by atoms with E-state index in [1.165, 1.54) is 5.56 Å². The number of amides is 2. The third-order valence-corrected chi connectivity index (χ3v) is 3.32. The summed E-state index contributed by atoms with van der Waals surface area (Å²) in [5.74, 6) is 0.820. The van der Waals surface area contributed by atoms with Crippen LogP contribution in [0.1, 0.15) is 5.56 Å². The molecule has 0 atom stereocenters. The van der Waals surface area contributed by atoms with Gasteiger partial charge in [0.1, 0.15) is 12.4 Å². The van der Waals surface area contributed by atoms with Crippen LogP contribution in [0.2, 0.25) is 0 Å². The maximum atomic E-state index is 11.9. The maximum absolute atomic E-state index is 11.9. The summed E-state index contributed by atoms with van der Waals surface area (Å²) in [5.41, 5.74) is 1.22. The Bertz CT molecular complexity index is 558. The molecular weight excluding hydrogens is 276 g/mol. The molecule has 0 aromatic heterocycles. The van der Waals surface area contributed by atoms with Gasteiger partial charge in [0.2, 0.25) is 0 Å². The lowest BCUT2D eigenvalue weighted by atomic mass is 10.1. The number of carbonyl (C=O) groups is 1. The zero-order chi connectivity index (χ0) is 15.6. The van der Waals surface area contributed by atoms with Crippen LogP contribution < -0.4 is 10.1 Å². The SMILES string of the molecule is CN(CCOc1ccccc1)C(=O)NCCc1ccccc1. The standard InChI is InChI=1S/C18H22N2O2/c1-20(14-15-22-17-10-6-3-7-11-17)18(21)19-13-12-16-8-4-2-5-9-16/h2-11H,12-15H2,1H3,(H,19,21). The second-order valence-corrected chi connectivity index (χ2v) is 5.05. The molecule has 0 unspecified atom stereocenters. The van der Waals surface area contributed by atoms with E-state index in [1.807, 2.05) is 48.5 Å². The van der Waals surface area contributed by atoms with E-state index in [0.717, 1.165) is 12.2 Å². The van der Waals surface area contributed by atoms with Crippen LogP contribution in [-0.4, -0.2) is 37.7 Å². The summed E-state index contributed by atoms with van der Waals surface area (Å²) in [7, 11) is 1.77. The molecule has 0 saturated carbocycles. The molecular formula is C18H22N2O2. The van der Waals surface area contributed by atoms with Crippen molar-refractivity contribution in [3.05, 3.63) is 66.2 Å². The first kappa shape index (κ1) is 15.9. The van der Waals surface area contributed by atoms with Crippen molar-refractivity contribution in [1.82, 2.24) is 10.2 Å². The Morgan fingerprint density at radius 3 is 2.36 bits per heavy atom. The molecule has 4 nitrogen and oxygen atoms in total. The molecule has 4 heteroatoms. The molecule has 0 saturated heterocycles. The Hall–Kier alpha value is -2.49. The summed E-state index contributed by atoms with van der Waals surface area (Å²) in [6, 6.07) is 19.6. The van der Waals surface area contributed by atoms with Gasteiger partial charge in [-0.25, -0.2) is 4.79 Å². The highest BCUT2D eigenvalue weighted by atomic mass is 16.5. The molecule has 2 aromatic rings. The Kier molecular flexibility index (Phi) is 6.30. The van der Waals surface area contributed by atoms with Crippen molar-refractivity contribution in [3.63, 3.8) is 0 Å². The van der Waals surface area contributed by atoms with E-state index in [9.17, 15) is 4.79 Å². The minimum absolute atomic E-state index is 0.0763. The topological polar surface area (TPSA) is 41.6 Å². The van der Waals surface area contributed by atoms with Crippen LogP contribution in [0, 0.1) is 0 Å². The van der Waals surface area contributed by atoms with Gasteiger partial charge in [0.05, 0.1) is 6.54 Å². The molecule has 0 radical (unpaired) electrons. The van der Waals surface area contributed by atoms with Gasteiger partial charge in [-0.1, -0.05) is 48.5 Å². The minimum Gasteiger partial charge on any atom is -0.492 e. The van der Waals surface area contributed by atoms with E-state index in [1.54, 1.807) is 11.9 Å². The lowest BCUT2D eigenvalue weighted by Gasteiger charge is -2.18. The van der Waals surface area contributed by atoms with E-state index >= 15 is 0 Å². The van der Waals surface area contributed by atoms with E-state index in [4.69, 9.17) is 4.74 Å². The molecule has 0 heterocycles. The monoisotopic (exact) mass is 298 g/mol. The summed E-state index contributed by atoms with van der Waals surface area (Å²) < 4.78 is 5.58. The van der Waals surface area contributed by atoms with Gasteiger partial charge >= 0.3 is 6.03 Å². The number of carbonyl (C=O) groups excluding carboxylic acids is 1. The summed E-state index contributed by atoms with van der Waals surface area (Å²) in [4.78, 5) is 13.6. The Labute approximate surface area is 131 Å². The predicted octanol–water partition coefficient (Wildman–Crippen LogP) is 2.95. The number of hydrogen-bond donors (Lipinski definition) is 1. The van der Waals surface area contributed by atoms with Crippen LogP contribution in [0.3, 0.4) is 0 Å². The summed E-state index contributed by atoms with van der Waals surface area (Å²) in [5, 5.41) is 2.91. The largest absolute Gasteiger partial charge is 0.492 e. The normalized spacial score (nSPS) is 10.0. The van der Waals surface area contributed by atoms with Crippen molar-refractivity contribution in [2.75, 3.05) is 26.7 Å². The number of nitrogens with zero attached hydrogens (tertiary/aromatic N) is 1. The summed E-state index contributed by atoms with van der Waals surface area (Å²) in [6.45, 7) is 1.66. The molecule has 0 aliphatic heterocycles. The van der Waals surface area contributed by atoms with Gasteiger partial charge in [0, 0.05) is 13.6 Å². The second-order valence-electron chi connectivity index (χ2n) is 5.05. The number of nitrogens with one attached hydrogen (secondary N) is 1. The lowest BCUT2D eigenvalue weighted by molar-refractivity contribution is 0.195. The van der Waals surface area contributed by atoms with Crippen molar-refractivity contribution in [1.29, 1.82) is 0 Å². The first-order chi connectivity index (χ1) is 10.8. The first-order valence-electron chi connectivity index (χ1n) is 7.46. The van der Waals surface area contributed by atoms with Gasteiger partial charge in [0.25, 0.3) is 0 Å². The van der Waals surface area contributed by atoms with Crippen LogP contribution in [0.15, 0.2) is 60.7 Å². The fourth-order valence-corrected chi connectivity index (χ4v) is 2.01. The number of benzene rings is 2. The molecule has 2 aromatic carbocycles. The lowest BCUT2D eigenvalue weighted by Crippen LogP contribution is -2.40. The van der Waals surface area contributed by atoms with Gasteiger partial charge in [-0.3, -0.25) is 0 Å². The number of hydrogen-bond acceptors (Lipinski definition) is 2. The quantitative estimate of drug-likeness (QED) is 0.854. The van der Waals surface area contributed by atoms with Crippen molar-refractivity contribution >= 4 is 6.03 Å². The Morgan fingerprint density at radius 2 is 1.68 bits per heavy atom. The van der Waals surface area contributed by atoms with E-state index < -0.39 is 0 Å². The molecule has 0 bridgehead atoms. The second kappa shape index (κ2) is 8.72. The highest BCUT2D eigenvalue weighted by Crippen LogP contribution is 2.07. The fourth-order valence-electron chi connectivity index (χ4n) is 2.01. The molecule has 0 aliphatic rings. The maximum Gasteiger partial charge on any atom is 0.317 e. The van der Waals surface area contributed by atoms with Gasteiger partial charge in [0.15, 0.2) is 0 Å². The summed E-state index contributed by atoms with van der Waals surface area (Å²) in [6.07, 6.45) is 0.834. The van der Waals surface area contributed by atoms with Crippen molar-refractivity contribution < 1.29 is 9.53 Å². The van der Waals surface area contributed by atoms with Crippen molar-refractivity contribution in [2.45, 2.75) is 6.42 Å². The van der Waals surface area contributed by atoms with E-state index in [-0.39, 0.29) is 6.03 Å². The average molecular weight is 298 g/mol. The molecule has 2 amide bonds. The number of urea groups is 1. The molecule has 0 aliphatic carbocycles. The van der Waals surface area contributed by atoms with Gasteiger partial charge in [-0.05, 0) is 24.1 Å². The number of rotatable bonds is 7. The molecule has 0 fully saturated rings. The average Bonchev–Trinajstić information content (AvgIpc) is 2.56. The van der Waals surface area contributed by atoms with Crippen LogP contribution in [0.25, 0.3) is 0 Å². The number of ether oxygens (including phenoxy) is 1. The summed E-state index contributed by atoms with van der Waals surface area (Å²) >= 11 is 0. The van der Waals surface area contributed by atoms with Crippen molar-refractivity contribution in [3.8, 4) is 5.75 Å². The highest BCUT2D eigenvalue weighted by Gasteiger charge is 2.07. The molecule has 2 rings (SSSR count). The Morgan fingerprint density at radius 1 is 1.05 bits per heavy atom. The molecule has 22 heavy (non-hydrogen) atoms. The molecule has 1 N–H and O–H groups in total.